The second-order valence-electron chi connectivity index (χ2n) is 5.29. The quantitative estimate of drug-likeness (QED) is 0.618. The van der Waals surface area contributed by atoms with E-state index >= 15 is 0 Å². The van der Waals surface area contributed by atoms with Gasteiger partial charge in [-0.05, 0) is 32.8 Å². The van der Waals surface area contributed by atoms with Crippen molar-refractivity contribution in [1.29, 1.82) is 0 Å². The van der Waals surface area contributed by atoms with Crippen LogP contribution in [-0.2, 0) is 0 Å². The van der Waals surface area contributed by atoms with Gasteiger partial charge in [-0.1, -0.05) is 11.6 Å². The Balaban J connectivity index is 2.38. The van der Waals surface area contributed by atoms with E-state index < -0.39 is 4.92 Å². The van der Waals surface area contributed by atoms with Crippen LogP contribution >= 0.6 is 11.6 Å². The number of hydrogen-bond donors (Lipinski definition) is 0. The minimum atomic E-state index is -0.526. The van der Waals surface area contributed by atoms with Crippen molar-refractivity contribution in [2.75, 3.05) is 6.54 Å². The normalized spacial score (nSPS) is 17.5. The molecule has 0 saturated carbocycles. The summed E-state index contributed by atoms with van der Waals surface area (Å²) in [6, 6.07) is 3.95. The number of amides is 1. The fourth-order valence-corrected chi connectivity index (χ4v) is 2.62. The zero-order valence-electron chi connectivity index (χ0n) is 10.9. The van der Waals surface area contributed by atoms with Gasteiger partial charge in [0.1, 0.15) is 0 Å². The van der Waals surface area contributed by atoms with E-state index in [0.29, 0.717) is 6.54 Å². The van der Waals surface area contributed by atoms with Crippen LogP contribution < -0.4 is 0 Å². The molecule has 19 heavy (non-hydrogen) atoms. The van der Waals surface area contributed by atoms with Gasteiger partial charge in [-0.2, -0.15) is 0 Å². The Morgan fingerprint density at radius 3 is 2.68 bits per heavy atom. The summed E-state index contributed by atoms with van der Waals surface area (Å²) in [4.78, 5) is 24.5. The van der Waals surface area contributed by atoms with Crippen molar-refractivity contribution < 1.29 is 9.72 Å². The fraction of sp³-hybridized carbons (Fsp3) is 0.462. The smallest absolute Gasteiger partial charge is 0.270 e. The summed E-state index contributed by atoms with van der Waals surface area (Å²) in [5.74, 6) is -0.240. The monoisotopic (exact) mass is 282 g/mol. The summed E-state index contributed by atoms with van der Waals surface area (Å²) >= 11 is 6.00. The molecule has 1 fully saturated rings. The average Bonchev–Trinajstić information content (AvgIpc) is 2.68. The Bertz CT molecular complexity index is 543. The first-order chi connectivity index (χ1) is 8.83. The molecule has 6 heteroatoms. The summed E-state index contributed by atoms with van der Waals surface area (Å²) in [6.07, 6.45) is 1.86. The van der Waals surface area contributed by atoms with E-state index in [-0.39, 0.29) is 27.7 Å². The third-order valence-electron chi connectivity index (χ3n) is 3.54. The van der Waals surface area contributed by atoms with E-state index in [0.717, 1.165) is 12.8 Å². The molecule has 0 N–H and O–H groups in total. The Hall–Kier alpha value is -1.62. The molecule has 102 valence electrons. The molecule has 0 atom stereocenters. The summed E-state index contributed by atoms with van der Waals surface area (Å²) in [5.41, 5.74) is -0.152. The van der Waals surface area contributed by atoms with Gasteiger partial charge >= 0.3 is 0 Å². The number of carbonyl (C=O) groups excluding carboxylic acids is 1. The van der Waals surface area contributed by atoms with Crippen molar-refractivity contribution in [2.24, 2.45) is 0 Å². The Kier molecular flexibility index (Phi) is 3.49. The summed E-state index contributed by atoms with van der Waals surface area (Å²) in [6.45, 7) is 4.64. The molecule has 0 aliphatic carbocycles. The molecule has 0 bridgehead atoms. The lowest BCUT2D eigenvalue weighted by atomic mass is 10.0. The zero-order chi connectivity index (χ0) is 14.2. The highest BCUT2D eigenvalue weighted by Crippen LogP contribution is 2.32. The first kappa shape index (κ1) is 13.8. The number of benzene rings is 1. The van der Waals surface area contributed by atoms with Gasteiger partial charge in [0, 0.05) is 24.2 Å². The number of rotatable bonds is 2. The molecule has 0 aromatic heterocycles. The molecule has 1 aromatic rings. The molecule has 2 rings (SSSR count). The van der Waals surface area contributed by atoms with Crippen LogP contribution in [0.5, 0.6) is 0 Å². The zero-order valence-corrected chi connectivity index (χ0v) is 11.6. The van der Waals surface area contributed by atoms with Gasteiger partial charge in [-0.3, -0.25) is 14.9 Å². The molecule has 0 spiro atoms. The van der Waals surface area contributed by atoms with Crippen molar-refractivity contribution in [2.45, 2.75) is 32.2 Å². The van der Waals surface area contributed by atoms with E-state index in [1.54, 1.807) is 4.90 Å². The van der Waals surface area contributed by atoms with E-state index in [2.05, 4.69) is 0 Å². The first-order valence-electron chi connectivity index (χ1n) is 6.09. The lowest BCUT2D eigenvalue weighted by Gasteiger charge is -2.31. The maximum Gasteiger partial charge on any atom is 0.270 e. The van der Waals surface area contributed by atoms with Crippen LogP contribution in [0.3, 0.4) is 0 Å². The van der Waals surface area contributed by atoms with E-state index in [4.69, 9.17) is 11.6 Å². The van der Waals surface area contributed by atoms with Crippen LogP contribution in [0, 0.1) is 10.1 Å². The molecule has 1 aliphatic rings. The summed E-state index contributed by atoms with van der Waals surface area (Å²) < 4.78 is 0. The highest BCUT2D eigenvalue weighted by Gasteiger charge is 2.36. The maximum atomic E-state index is 12.5. The number of carbonyl (C=O) groups is 1. The average molecular weight is 283 g/mol. The number of nitro benzene ring substituents is 1. The van der Waals surface area contributed by atoms with Crippen molar-refractivity contribution in [3.63, 3.8) is 0 Å². The van der Waals surface area contributed by atoms with Crippen molar-refractivity contribution >= 4 is 23.2 Å². The minimum absolute atomic E-state index is 0.121. The standard InChI is InChI=1S/C13H15ClN2O3/c1-13(2)6-3-7-15(13)12(17)10-8-9(16(18)19)4-5-11(10)14/h4-5,8H,3,6-7H2,1-2H3. The highest BCUT2D eigenvalue weighted by molar-refractivity contribution is 6.34. The molecule has 1 aliphatic heterocycles. The molecule has 1 aromatic carbocycles. The SMILES string of the molecule is CC1(C)CCCN1C(=O)c1cc([N+](=O)[O-])ccc1Cl. The van der Waals surface area contributed by atoms with Gasteiger partial charge in [0.2, 0.25) is 0 Å². The number of non-ortho nitro benzene ring substituents is 1. The molecule has 0 unspecified atom stereocenters. The van der Waals surface area contributed by atoms with E-state index in [9.17, 15) is 14.9 Å². The van der Waals surface area contributed by atoms with Gasteiger partial charge in [-0.25, -0.2) is 0 Å². The van der Waals surface area contributed by atoms with Crippen LogP contribution in [0.25, 0.3) is 0 Å². The van der Waals surface area contributed by atoms with Crippen LogP contribution in [-0.4, -0.2) is 27.8 Å². The second kappa shape index (κ2) is 4.81. The fourth-order valence-electron chi connectivity index (χ4n) is 2.42. The molecular weight excluding hydrogens is 268 g/mol. The van der Waals surface area contributed by atoms with Gasteiger partial charge in [0.05, 0.1) is 15.5 Å². The molecule has 1 amide bonds. The van der Waals surface area contributed by atoms with Crippen LogP contribution in [0.15, 0.2) is 18.2 Å². The minimum Gasteiger partial charge on any atom is -0.333 e. The largest absolute Gasteiger partial charge is 0.333 e. The number of halogens is 1. The first-order valence-corrected chi connectivity index (χ1v) is 6.46. The molecule has 1 saturated heterocycles. The topological polar surface area (TPSA) is 63.5 Å². The van der Waals surface area contributed by atoms with Crippen LogP contribution in [0.1, 0.15) is 37.0 Å². The van der Waals surface area contributed by atoms with Crippen molar-refractivity contribution in [3.05, 3.63) is 38.9 Å². The molecular formula is C13H15ClN2O3. The predicted molar refractivity (Wildman–Crippen MR) is 72.5 cm³/mol. The van der Waals surface area contributed by atoms with Gasteiger partial charge in [-0.15, -0.1) is 0 Å². The number of nitro groups is 1. The third kappa shape index (κ3) is 2.56. The third-order valence-corrected chi connectivity index (χ3v) is 3.87. The van der Waals surface area contributed by atoms with E-state index in [1.165, 1.54) is 18.2 Å². The number of hydrogen-bond acceptors (Lipinski definition) is 3. The van der Waals surface area contributed by atoms with Gasteiger partial charge in [0.25, 0.3) is 11.6 Å². The van der Waals surface area contributed by atoms with Crippen LogP contribution in [0.2, 0.25) is 5.02 Å². The summed E-state index contributed by atoms with van der Waals surface area (Å²) in [5, 5.41) is 11.0. The van der Waals surface area contributed by atoms with E-state index in [1.807, 2.05) is 13.8 Å². The Morgan fingerprint density at radius 2 is 2.16 bits per heavy atom. The van der Waals surface area contributed by atoms with Crippen LogP contribution in [0.4, 0.5) is 5.69 Å². The molecule has 1 heterocycles. The predicted octanol–water partition coefficient (Wildman–Crippen LogP) is 3.26. The Morgan fingerprint density at radius 1 is 1.47 bits per heavy atom. The van der Waals surface area contributed by atoms with Crippen molar-refractivity contribution in [3.8, 4) is 0 Å². The Labute approximate surface area is 116 Å². The highest BCUT2D eigenvalue weighted by atomic mass is 35.5. The second-order valence-corrected chi connectivity index (χ2v) is 5.70. The molecule has 0 radical (unpaired) electrons. The maximum absolute atomic E-state index is 12.5. The molecule has 5 nitrogen and oxygen atoms in total. The lowest BCUT2D eigenvalue weighted by Crippen LogP contribution is -2.42. The number of likely N-dealkylation sites (tertiary alicyclic amines) is 1. The summed E-state index contributed by atoms with van der Waals surface area (Å²) in [7, 11) is 0. The number of nitrogens with zero attached hydrogens (tertiary/aromatic N) is 2. The van der Waals surface area contributed by atoms with Crippen molar-refractivity contribution in [1.82, 2.24) is 4.90 Å². The lowest BCUT2D eigenvalue weighted by molar-refractivity contribution is -0.384. The van der Waals surface area contributed by atoms with Gasteiger partial charge < -0.3 is 4.90 Å². The van der Waals surface area contributed by atoms with Gasteiger partial charge in [0.15, 0.2) is 0 Å².